The van der Waals surface area contributed by atoms with Crippen LogP contribution in [0.3, 0.4) is 0 Å². The highest BCUT2D eigenvalue weighted by molar-refractivity contribution is 9.10. The summed E-state index contributed by atoms with van der Waals surface area (Å²) in [6.07, 6.45) is 4.43. The second-order valence-electron chi connectivity index (χ2n) is 4.97. The van der Waals surface area contributed by atoms with Gasteiger partial charge in [-0.1, -0.05) is 34.8 Å². The Morgan fingerprint density at radius 2 is 2.21 bits per heavy atom. The van der Waals surface area contributed by atoms with Gasteiger partial charge in [0.05, 0.1) is 18.6 Å². The predicted molar refractivity (Wildman–Crippen MR) is 79.8 cm³/mol. The van der Waals surface area contributed by atoms with Crippen LogP contribution in [-0.2, 0) is 11.3 Å². The Morgan fingerprint density at radius 1 is 1.42 bits per heavy atom. The lowest BCUT2D eigenvalue weighted by atomic mass is 9.85. The number of ether oxygens (including phenoxy) is 1. The first-order chi connectivity index (χ1) is 9.26. The number of nitrogens with zero attached hydrogens (tertiary/aromatic N) is 1. The molecule has 3 nitrogen and oxygen atoms in total. The van der Waals surface area contributed by atoms with Gasteiger partial charge in [0, 0.05) is 28.9 Å². The summed E-state index contributed by atoms with van der Waals surface area (Å²) in [5, 5.41) is 12.8. The largest absolute Gasteiger partial charge is 0.381 e. The van der Waals surface area contributed by atoms with Gasteiger partial charge in [-0.25, -0.2) is 0 Å². The summed E-state index contributed by atoms with van der Waals surface area (Å²) in [6.45, 7) is 0.563. The molecule has 1 N–H and O–H groups in total. The third-order valence-electron chi connectivity index (χ3n) is 3.68. The fourth-order valence-electron chi connectivity index (χ4n) is 2.64. The Morgan fingerprint density at radius 3 is 2.95 bits per heavy atom. The zero-order valence-corrected chi connectivity index (χ0v) is 12.7. The molecule has 0 radical (unpaired) electrons. The molecule has 0 amide bonds. The summed E-state index contributed by atoms with van der Waals surface area (Å²) in [5.74, 6) is 0.114. The molecule has 1 aromatic rings. The van der Waals surface area contributed by atoms with E-state index in [-0.39, 0.29) is 12.0 Å². The van der Waals surface area contributed by atoms with Gasteiger partial charge in [-0.3, -0.25) is 0 Å². The lowest BCUT2D eigenvalue weighted by Gasteiger charge is -2.29. The molecule has 1 saturated carbocycles. The van der Waals surface area contributed by atoms with E-state index in [0.717, 1.165) is 28.6 Å². The van der Waals surface area contributed by atoms with E-state index < -0.39 is 0 Å². The van der Waals surface area contributed by atoms with Crippen LogP contribution in [0, 0.1) is 17.2 Å². The Kier molecular flexibility index (Phi) is 5.24. The molecule has 4 heteroatoms. The normalized spacial score (nSPS) is 22.8. The zero-order chi connectivity index (χ0) is 13.7. The van der Waals surface area contributed by atoms with Gasteiger partial charge < -0.3 is 10.1 Å². The quantitative estimate of drug-likeness (QED) is 0.908. The second-order valence-corrected chi connectivity index (χ2v) is 5.82. The number of methoxy groups -OCH3 is 1. The van der Waals surface area contributed by atoms with Crippen molar-refractivity contribution in [2.45, 2.75) is 38.3 Å². The first kappa shape index (κ1) is 14.4. The van der Waals surface area contributed by atoms with Crippen molar-refractivity contribution in [1.82, 2.24) is 0 Å². The minimum atomic E-state index is 0.114. The highest BCUT2D eigenvalue weighted by Crippen LogP contribution is 2.31. The van der Waals surface area contributed by atoms with Crippen molar-refractivity contribution in [3.8, 4) is 6.07 Å². The molecule has 102 valence electrons. The van der Waals surface area contributed by atoms with Gasteiger partial charge in [0.2, 0.25) is 0 Å². The third-order valence-corrected chi connectivity index (χ3v) is 4.42. The minimum Gasteiger partial charge on any atom is -0.381 e. The van der Waals surface area contributed by atoms with Gasteiger partial charge >= 0.3 is 0 Å². The van der Waals surface area contributed by atoms with Crippen molar-refractivity contribution < 1.29 is 4.74 Å². The SMILES string of the molecule is COCc1c(Br)cccc1NC1CCCCC1C#N. The van der Waals surface area contributed by atoms with Crippen molar-refractivity contribution in [2.24, 2.45) is 5.92 Å². The van der Waals surface area contributed by atoms with Crippen LogP contribution in [0.2, 0.25) is 0 Å². The molecule has 1 fully saturated rings. The number of rotatable bonds is 4. The number of nitriles is 1. The van der Waals surface area contributed by atoms with Crippen molar-refractivity contribution in [1.29, 1.82) is 5.26 Å². The standard InChI is InChI=1S/C15H19BrN2O/c1-19-10-12-13(16)6-4-8-15(12)18-14-7-3-2-5-11(14)9-17/h4,6,8,11,14,18H,2-3,5,7,10H2,1H3. The lowest BCUT2D eigenvalue weighted by Crippen LogP contribution is -2.31. The van der Waals surface area contributed by atoms with E-state index in [1.165, 1.54) is 12.8 Å². The van der Waals surface area contributed by atoms with Gasteiger partial charge in [-0.05, 0) is 25.0 Å². The molecule has 2 rings (SSSR count). The van der Waals surface area contributed by atoms with Crippen molar-refractivity contribution in [3.63, 3.8) is 0 Å². The first-order valence-electron chi connectivity index (χ1n) is 6.68. The monoisotopic (exact) mass is 322 g/mol. The van der Waals surface area contributed by atoms with E-state index >= 15 is 0 Å². The molecular weight excluding hydrogens is 304 g/mol. The van der Waals surface area contributed by atoms with E-state index in [4.69, 9.17) is 4.74 Å². The summed E-state index contributed by atoms with van der Waals surface area (Å²) in [7, 11) is 1.70. The molecule has 19 heavy (non-hydrogen) atoms. The summed E-state index contributed by atoms with van der Waals surface area (Å²) in [4.78, 5) is 0. The minimum absolute atomic E-state index is 0.114. The van der Waals surface area contributed by atoms with Crippen molar-refractivity contribution in [3.05, 3.63) is 28.2 Å². The van der Waals surface area contributed by atoms with Crippen molar-refractivity contribution in [2.75, 3.05) is 12.4 Å². The average molecular weight is 323 g/mol. The topological polar surface area (TPSA) is 45.0 Å². The Labute approximate surface area is 123 Å². The van der Waals surface area contributed by atoms with E-state index in [1.807, 2.05) is 12.1 Å². The van der Waals surface area contributed by atoms with Crippen LogP contribution in [-0.4, -0.2) is 13.2 Å². The Balaban J connectivity index is 2.18. The molecule has 0 heterocycles. The number of anilines is 1. The fourth-order valence-corrected chi connectivity index (χ4v) is 3.12. The summed E-state index contributed by atoms with van der Waals surface area (Å²) >= 11 is 3.56. The Bertz CT molecular complexity index is 470. The van der Waals surface area contributed by atoms with Gasteiger partial charge in [0.1, 0.15) is 0 Å². The number of hydrogen-bond acceptors (Lipinski definition) is 3. The van der Waals surface area contributed by atoms with E-state index in [9.17, 15) is 5.26 Å². The zero-order valence-electron chi connectivity index (χ0n) is 11.2. The van der Waals surface area contributed by atoms with Crippen LogP contribution in [0.4, 0.5) is 5.69 Å². The molecule has 0 aliphatic heterocycles. The molecular formula is C15H19BrN2O. The predicted octanol–water partition coefficient (Wildman–Crippen LogP) is 4.09. The summed E-state index contributed by atoms with van der Waals surface area (Å²) in [6, 6.07) is 8.77. The maximum Gasteiger partial charge on any atom is 0.0744 e. The number of benzene rings is 1. The molecule has 1 aromatic carbocycles. The van der Waals surface area contributed by atoms with Gasteiger partial charge in [-0.2, -0.15) is 5.26 Å². The van der Waals surface area contributed by atoms with Crippen LogP contribution >= 0.6 is 15.9 Å². The molecule has 1 aliphatic carbocycles. The van der Waals surface area contributed by atoms with Crippen LogP contribution in [0.15, 0.2) is 22.7 Å². The molecule has 2 unspecified atom stereocenters. The molecule has 0 spiro atoms. The van der Waals surface area contributed by atoms with Crippen LogP contribution in [0.5, 0.6) is 0 Å². The second kappa shape index (κ2) is 6.93. The van der Waals surface area contributed by atoms with E-state index in [1.54, 1.807) is 7.11 Å². The van der Waals surface area contributed by atoms with E-state index in [0.29, 0.717) is 6.61 Å². The van der Waals surface area contributed by atoms with Crippen LogP contribution < -0.4 is 5.32 Å². The van der Waals surface area contributed by atoms with Gasteiger partial charge in [-0.15, -0.1) is 0 Å². The van der Waals surface area contributed by atoms with E-state index in [2.05, 4.69) is 33.4 Å². The Hall–Kier alpha value is -1.05. The summed E-state index contributed by atoms with van der Waals surface area (Å²) < 4.78 is 6.30. The van der Waals surface area contributed by atoms with Gasteiger partial charge in [0.25, 0.3) is 0 Å². The van der Waals surface area contributed by atoms with Gasteiger partial charge in [0.15, 0.2) is 0 Å². The third kappa shape index (κ3) is 3.49. The number of hydrogen-bond donors (Lipinski definition) is 1. The number of nitrogens with one attached hydrogen (secondary N) is 1. The fraction of sp³-hybridized carbons (Fsp3) is 0.533. The van der Waals surface area contributed by atoms with Crippen LogP contribution in [0.1, 0.15) is 31.2 Å². The summed E-state index contributed by atoms with van der Waals surface area (Å²) in [5.41, 5.74) is 2.19. The lowest BCUT2D eigenvalue weighted by molar-refractivity contribution is 0.184. The highest BCUT2D eigenvalue weighted by atomic mass is 79.9. The maximum atomic E-state index is 9.24. The molecule has 2 atom stereocenters. The molecule has 1 aliphatic rings. The first-order valence-corrected chi connectivity index (χ1v) is 7.48. The molecule has 0 aromatic heterocycles. The van der Waals surface area contributed by atoms with Crippen molar-refractivity contribution >= 4 is 21.6 Å². The number of halogens is 1. The van der Waals surface area contributed by atoms with Crippen LogP contribution in [0.25, 0.3) is 0 Å². The molecule has 0 bridgehead atoms. The average Bonchev–Trinajstić information content (AvgIpc) is 2.43. The highest BCUT2D eigenvalue weighted by Gasteiger charge is 2.25. The molecule has 0 saturated heterocycles. The maximum absolute atomic E-state index is 9.24. The smallest absolute Gasteiger partial charge is 0.0744 e.